The largest absolute Gasteiger partial charge is 0.465 e. The predicted molar refractivity (Wildman–Crippen MR) is 86.3 cm³/mol. The Labute approximate surface area is 144 Å². The summed E-state index contributed by atoms with van der Waals surface area (Å²) in [7, 11) is 0. The summed E-state index contributed by atoms with van der Waals surface area (Å²) in [6.07, 6.45) is -1.08. The van der Waals surface area contributed by atoms with Gasteiger partial charge in [-0.2, -0.15) is 0 Å². The Balaban J connectivity index is 2.50. The zero-order valence-corrected chi connectivity index (χ0v) is 14.6. The van der Waals surface area contributed by atoms with Gasteiger partial charge in [0.1, 0.15) is 10.3 Å². The highest BCUT2D eigenvalue weighted by molar-refractivity contribution is 6.33. The SMILES string of the molecule is CC(C)(C)[C@]1(C(=O)c2cc(Cl)nc(Cl)c2)CN(C(=O)O)CCO1. The Morgan fingerprint density at radius 1 is 1.30 bits per heavy atom. The maximum absolute atomic E-state index is 13.2. The van der Waals surface area contributed by atoms with Crippen LogP contribution in [0.3, 0.4) is 0 Å². The van der Waals surface area contributed by atoms with E-state index in [-0.39, 0.29) is 41.3 Å². The second-order valence-electron chi connectivity index (χ2n) is 6.46. The molecule has 1 aliphatic heterocycles. The summed E-state index contributed by atoms with van der Waals surface area (Å²) in [5.41, 5.74) is -1.71. The van der Waals surface area contributed by atoms with Gasteiger partial charge in [-0.15, -0.1) is 0 Å². The van der Waals surface area contributed by atoms with Gasteiger partial charge in [0.25, 0.3) is 0 Å². The topological polar surface area (TPSA) is 79.7 Å². The van der Waals surface area contributed by atoms with Gasteiger partial charge in [-0.1, -0.05) is 44.0 Å². The number of hydrogen-bond acceptors (Lipinski definition) is 4. The minimum atomic E-state index is -1.32. The van der Waals surface area contributed by atoms with E-state index in [9.17, 15) is 14.7 Å². The fourth-order valence-corrected chi connectivity index (χ4v) is 3.11. The molecule has 0 saturated carbocycles. The summed E-state index contributed by atoms with van der Waals surface area (Å²) >= 11 is 11.8. The average molecular weight is 361 g/mol. The van der Waals surface area contributed by atoms with E-state index in [1.54, 1.807) is 0 Å². The molecule has 1 fully saturated rings. The fourth-order valence-electron chi connectivity index (χ4n) is 2.65. The van der Waals surface area contributed by atoms with Crippen molar-refractivity contribution in [1.29, 1.82) is 0 Å². The van der Waals surface area contributed by atoms with E-state index in [0.717, 1.165) is 0 Å². The molecule has 1 aromatic rings. The number of ketones is 1. The highest BCUT2D eigenvalue weighted by atomic mass is 35.5. The van der Waals surface area contributed by atoms with Gasteiger partial charge in [0, 0.05) is 17.5 Å². The molecular weight excluding hydrogens is 343 g/mol. The lowest BCUT2D eigenvalue weighted by atomic mass is 9.71. The van der Waals surface area contributed by atoms with Gasteiger partial charge >= 0.3 is 6.09 Å². The number of carboxylic acid groups (broad SMARTS) is 1. The molecule has 1 atom stereocenters. The maximum atomic E-state index is 13.2. The Bertz CT molecular complexity index is 625. The lowest BCUT2D eigenvalue weighted by Gasteiger charge is -2.48. The zero-order valence-electron chi connectivity index (χ0n) is 13.1. The molecule has 1 N–H and O–H groups in total. The predicted octanol–water partition coefficient (Wildman–Crippen LogP) is 3.37. The number of Topliss-reactive ketones (excluding diaryl/α,β-unsaturated/α-hetero) is 1. The minimum absolute atomic E-state index is 0.0533. The van der Waals surface area contributed by atoms with Crippen LogP contribution in [0.4, 0.5) is 4.79 Å². The molecule has 2 heterocycles. The van der Waals surface area contributed by atoms with Crippen LogP contribution in [0, 0.1) is 5.41 Å². The van der Waals surface area contributed by atoms with Crippen molar-refractivity contribution < 1.29 is 19.4 Å². The molecule has 0 aliphatic carbocycles. The van der Waals surface area contributed by atoms with E-state index >= 15 is 0 Å². The summed E-state index contributed by atoms with van der Waals surface area (Å²) in [4.78, 5) is 29.5. The first-order valence-electron chi connectivity index (χ1n) is 7.06. The van der Waals surface area contributed by atoms with Crippen molar-refractivity contribution in [3.8, 4) is 0 Å². The molecule has 1 saturated heterocycles. The monoisotopic (exact) mass is 360 g/mol. The number of carbonyl (C=O) groups excluding carboxylic acids is 1. The van der Waals surface area contributed by atoms with Crippen molar-refractivity contribution in [3.05, 3.63) is 28.0 Å². The van der Waals surface area contributed by atoms with E-state index in [4.69, 9.17) is 27.9 Å². The molecule has 0 bridgehead atoms. The van der Waals surface area contributed by atoms with Gasteiger partial charge in [-0.05, 0) is 12.1 Å². The molecule has 126 valence electrons. The molecule has 8 heteroatoms. The number of rotatable bonds is 2. The van der Waals surface area contributed by atoms with Crippen molar-refractivity contribution in [2.75, 3.05) is 19.7 Å². The molecule has 2 rings (SSSR count). The normalized spacial score (nSPS) is 22.0. The van der Waals surface area contributed by atoms with E-state index in [2.05, 4.69) is 4.98 Å². The van der Waals surface area contributed by atoms with Crippen LogP contribution in [0.5, 0.6) is 0 Å². The number of carbonyl (C=O) groups is 2. The number of aromatic nitrogens is 1. The number of amides is 1. The van der Waals surface area contributed by atoms with Gasteiger partial charge in [0.2, 0.25) is 0 Å². The number of nitrogens with zero attached hydrogens (tertiary/aromatic N) is 2. The number of ether oxygens (including phenoxy) is 1. The van der Waals surface area contributed by atoms with Crippen molar-refractivity contribution in [2.24, 2.45) is 5.41 Å². The first-order chi connectivity index (χ1) is 10.6. The highest BCUT2D eigenvalue weighted by Gasteiger charge is 2.53. The Morgan fingerprint density at radius 2 is 1.87 bits per heavy atom. The van der Waals surface area contributed by atoms with E-state index in [1.165, 1.54) is 17.0 Å². The van der Waals surface area contributed by atoms with Gasteiger partial charge in [-0.3, -0.25) is 4.79 Å². The molecular formula is C15H18Cl2N2O4. The standard InChI is InChI=1S/C15H18Cl2N2O4/c1-14(2,3)15(8-19(13(21)22)4-5-23-15)12(20)9-6-10(16)18-11(17)7-9/h6-7H,4-5,8H2,1-3H3,(H,21,22)/t15-/m1/s1. The van der Waals surface area contributed by atoms with Gasteiger partial charge < -0.3 is 14.7 Å². The van der Waals surface area contributed by atoms with Crippen LogP contribution in [0.2, 0.25) is 10.3 Å². The average Bonchev–Trinajstić information content (AvgIpc) is 2.44. The second kappa shape index (κ2) is 6.26. The van der Waals surface area contributed by atoms with E-state index in [0.29, 0.717) is 0 Å². The van der Waals surface area contributed by atoms with Crippen molar-refractivity contribution in [2.45, 2.75) is 26.4 Å². The second-order valence-corrected chi connectivity index (χ2v) is 7.23. The minimum Gasteiger partial charge on any atom is -0.465 e. The van der Waals surface area contributed by atoms with Crippen LogP contribution >= 0.6 is 23.2 Å². The third-order valence-corrected chi connectivity index (χ3v) is 4.38. The smallest absolute Gasteiger partial charge is 0.407 e. The Kier molecular flexibility index (Phi) is 4.89. The molecule has 0 unspecified atom stereocenters. The molecule has 1 amide bonds. The molecule has 23 heavy (non-hydrogen) atoms. The number of halogens is 2. The number of morpholine rings is 1. The van der Waals surface area contributed by atoms with E-state index in [1.807, 2.05) is 20.8 Å². The molecule has 0 radical (unpaired) electrons. The van der Waals surface area contributed by atoms with Gasteiger partial charge in [-0.25, -0.2) is 9.78 Å². The molecule has 6 nitrogen and oxygen atoms in total. The molecule has 1 aliphatic rings. The summed E-state index contributed by atoms with van der Waals surface area (Å²) < 4.78 is 5.85. The van der Waals surface area contributed by atoms with Gasteiger partial charge in [0.05, 0.1) is 13.2 Å². The van der Waals surface area contributed by atoms with Crippen LogP contribution in [0.25, 0.3) is 0 Å². The molecule has 1 aromatic heterocycles. The summed E-state index contributed by atoms with van der Waals surface area (Å²) in [6, 6.07) is 2.82. The fraction of sp³-hybridized carbons (Fsp3) is 0.533. The summed E-state index contributed by atoms with van der Waals surface area (Å²) in [6.45, 7) is 5.81. The Morgan fingerprint density at radius 3 is 2.35 bits per heavy atom. The van der Waals surface area contributed by atoms with Crippen LogP contribution < -0.4 is 0 Å². The van der Waals surface area contributed by atoms with Crippen molar-refractivity contribution in [1.82, 2.24) is 9.88 Å². The summed E-state index contributed by atoms with van der Waals surface area (Å²) in [5, 5.41) is 9.47. The van der Waals surface area contributed by atoms with Crippen LogP contribution in [-0.4, -0.2) is 52.2 Å². The lowest BCUT2D eigenvalue weighted by molar-refractivity contribution is -0.129. The Hall–Kier alpha value is -1.37. The summed E-state index contributed by atoms with van der Waals surface area (Å²) in [5.74, 6) is -0.359. The van der Waals surface area contributed by atoms with Crippen LogP contribution in [-0.2, 0) is 4.74 Å². The number of pyridine rings is 1. The van der Waals surface area contributed by atoms with Crippen LogP contribution in [0.1, 0.15) is 31.1 Å². The first kappa shape index (κ1) is 18.0. The molecule has 0 spiro atoms. The van der Waals surface area contributed by atoms with Gasteiger partial charge in [0.15, 0.2) is 11.4 Å². The highest BCUT2D eigenvalue weighted by Crippen LogP contribution is 2.39. The quantitative estimate of drug-likeness (QED) is 0.645. The maximum Gasteiger partial charge on any atom is 0.407 e. The number of hydrogen-bond donors (Lipinski definition) is 1. The van der Waals surface area contributed by atoms with Crippen molar-refractivity contribution >= 4 is 35.1 Å². The lowest BCUT2D eigenvalue weighted by Crippen LogP contribution is -2.63. The third kappa shape index (κ3) is 3.44. The first-order valence-corrected chi connectivity index (χ1v) is 7.82. The van der Waals surface area contributed by atoms with Crippen LogP contribution in [0.15, 0.2) is 12.1 Å². The third-order valence-electron chi connectivity index (χ3n) is 4.00. The van der Waals surface area contributed by atoms with E-state index < -0.39 is 17.1 Å². The zero-order chi connectivity index (χ0) is 17.4. The van der Waals surface area contributed by atoms with Crippen molar-refractivity contribution in [3.63, 3.8) is 0 Å². The molecule has 0 aromatic carbocycles.